The largest absolute Gasteiger partial charge is 0.493 e. The SMILES string of the molecule is COc1cc(F)c(C(C)(C)C)cc1OCc1ccccc1. The van der Waals surface area contributed by atoms with E-state index in [0.717, 1.165) is 5.56 Å². The van der Waals surface area contributed by atoms with Gasteiger partial charge < -0.3 is 9.47 Å². The van der Waals surface area contributed by atoms with E-state index in [2.05, 4.69) is 0 Å². The minimum absolute atomic E-state index is 0.272. The Morgan fingerprint density at radius 1 is 1.00 bits per heavy atom. The first-order valence-corrected chi connectivity index (χ1v) is 6.96. The van der Waals surface area contributed by atoms with Crippen molar-refractivity contribution in [2.75, 3.05) is 7.11 Å². The molecule has 2 nitrogen and oxygen atoms in total. The van der Waals surface area contributed by atoms with Gasteiger partial charge in [-0.15, -0.1) is 0 Å². The van der Waals surface area contributed by atoms with E-state index in [-0.39, 0.29) is 11.2 Å². The molecule has 0 aromatic heterocycles. The van der Waals surface area contributed by atoms with Crippen LogP contribution in [-0.4, -0.2) is 7.11 Å². The Bertz CT molecular complexity index is 601. The van der Waals surface area contributed by atoms with Crippen LogP contribution in [0.5, 0.6) is 11.5 Å². The summed E-state index contributed by atoms with van der Waals surface area (Å²) in [6.45, 7) is 6.34. The molecule has 21 heavy (non-hydrogen) atoms. The molecule has 0 N–H and O–H groups in total. The smallest absolute Gasteiger partial charge is 0.163 e. The average molecular weight is 288 g/mol. The molecule has 0 amide bonds. The molecule has 0 aliphatic rings. The van der Waals surface area contributed by atoms with Gasteiger partial charge in [0.25, 0.3) is 0 Å². The lowest BCUT2D eigenvalue weighted by molar-refractivity contribution is 0.282. The van der Waals surface area contributed by atoms with Crippen LogP contribution in [0, 0.1) is 5.82 Å². The second-order valence-electron chi connectivity index (χ2n) is 6.01. The molecule has 0 unspecified atom stereocenters. The maximum Gasteiger partial charge on any atom is 0.163 e. The van der Waals surface area contributed by atoms with E-state index in [0.29, 0.717) is 23.7 Å². The third-order valence-corrected chi connectivity index (χ3v) is 3.30. The molecule has 0 spiro atoms. The molecule has 2 rings (SSSR count). The van der Waals surface area contributed by atoms with Gasteiger partial charge in [-0.25, -0.2) is 4.39 Å². The van der Waals surface area contributed by atoms with Gasteiger partial charge in [0.1, 0.15) is 12.4 Å². The number of rotatable bonds is 4. The second kappa shape index (κ2) is 6.17. The Balaban J connectivity index is 2.29. The Kier molecular flexibility index (Phi) is 4.51. The minimum atomic E-state index is -0.290. The summed E-state index contributed by atoms with van der Waals surface area (Å²) in [7, 11) is 1.51. The number of benzene rings is 2. The monoisotopic (exact) mass is 288 g/mol. The van der Waals surface area contributed by atoms with Crippen LogP contribution in [0.4, 0.5) is 4.39 Å². The van der Waals surface area contributed by atoms with Crippen LogP contribution in [-0.2, 0) is 12.0 Å². The molecule has 0 fully saturated rings. The highest BCUT2D eigenvalue weighted by molar-refractivity contribution is 5.45. The quantitative estimate of drug-likeness (QED) is 0.811. The molecule has 0 aliphatic carbocycles. The lowest BCUT2D eigenvalue weighted by Gasteiger charge is -2.22. The van der Waals surface area contributed by atoms with Gasteiger partial charge in [-0.2, -0.15) is 0 Å². The zero-order chi connectivity index (χ0) is 15.5. The number of ether oxygens (including phenoxy) is 2. The van der Waals surface area contributed by atoms with Gasteiger partial charge in [0, 0.05) is 6.07 Å². The molecule has 0 bridgehead atoms. The molecule has 112 valence electrons. The summed E-state index contributed by atoms with van der Waals surface area (Å²) in [6, 6.07) is 13.0. The van der Waals surface area contributed by atoms with Gasteiger partial charge in [-0.05, 0) is 22.6 Å². The number of hydrogen-bond donors (Lipinski definition) is 0. The van der Waals surface area contributed by atoms with Crippen molar-refractivity contribution in [3.8, 4) is 11.5 Å². The maximum atomic E-state index is 14.1. The van der Waals surface area contributed by atoms with E-state index in [1.165, 1.54) is 13.2 Å². The molecule has 0 atom stereocenters. The van der Waals surface area contributed by atoms with Gasteiger partial charge in [-0.1, -0.05) is 51.1 Å². The summed E-state index contributed by atoms with van der Waals surface area (Å²) >= 11 is 0. The van der Waals surface area contributed by atoms with Crippen molar-refractivity contribution in [2.24, 2.45) is 0 Å². The van der Waals surface area contributed by atoms with Crippen molar-refractivity contribution in [1.82, 2.24) is 0 Å². The molecular weight excluding hydrogens is 267 g/mol. The lowest BCUT2D eigenvalue weighted by Crippen LogP contribution is -2.14. The number of hydrogen-bond acceptors (Lipinski definition) is 2. The van der Waals surface area contributed by atoms with Crippen molar-refractivity contribution in [1.29, 1.82) is 0 Å². The van der Waals surface area contributed by atoms with Gasteiger partial charge >= 0.3 is 0 Å². The minimum Gasteiger partial charge on any atom is -0.493 e. The highest BCUT2D eigenvalue weighted by Gasteiger charge is 2.21. The topological polar surface area (TPSA) is 18.5 Å². The van der Waals surface area contributed by atoms with Crippen molar-refractivity contribution >= 4 is 0 Å². The first-order chi connectivity index (χ1) is 9.91. The Labute approximate surface area is 125 Å². The van der Waals surface area contributed by atoms with Crippen molar-refractivity contribution in [3.63, 3.8) is 0 Å². The third kappa shape index (κ3) is 3.75. The Hall–Kier alpha value is -2.03. The first kappa shape index (κ1) is 15.4. The third-order valence-electron chi connectivity index (χ3n) is 3.30. The number of halogens is 1. The van der Waals surface area contributed by atoms with Gasteiger partial charge in [0.15, 0.2) is 11.5 Å². The van der Waals surface area contributed by atoms with Crippen LogP contribution in [0.1, 0.15) is 31.9 Å². The van der Waals surface area contributed by atoms with Crippen molar-refractivity contribution < 1.29 is 13.9 Å². The molecular formula is C18H21FO2. The summed E-state index contributed by atoms with van der Waals surface area (Å²) in [5, 5.41) is 0. The van der Waals surface area contributed by atoms with Crippen LogP contribution in [0.2, 0.25) is 0 Å². The summed E-state index contributed by atoms with van der Waals surface area (Å²) in [6.07, 6.45) is 0. The zero-order valence-corrected chi connectivity index (χ0v) is 12.9. The van der Waals surface area contributed by atoms with Gasteiger partial charge in [0.2, 0.25) is 0 Å². The van der Waals surface area contributed by atoms with Crippen LogP contribution in [0.3, 0.4) is 0 Å². The molecule has 0 saturated heterocycles. The average Bonchev–Trinajstić information content (AvgIpc) is 2.45. The standard InChI is InChI=1S/C18H21FO2/c1-18(2,3)14-10-17(16(20-4)11-15(14)19)21-12-13-8-6-5-7-9-13/h5-11H,12H2,1-4H3. The Morgan fingerprint density at radius 3 is 2.24 bits per heavy atom. The van der Waals surface area contributed by atoms with Crippen LogP contribution in [0.25, 0.3) is 0 Å². The summed E-state index contributed by atoms with van der Waals surface area (Å²) < 4.78 is 25.2. The van der Waals surface area contributed by atoms with Crippen molar-refractivity contribution in [3.05, 3.63) is 59.4 Å². The molecule has 2 aromatic carbocycles. The first-order valence-electron chi connectivity index (χ1n) is 6.96. The Morgan fingerprint density at radius 2 is 1.67 bits per heavy atom. The molecule has 2 aromatic rings. The predicted molar refractivity (Wildman–Crippen MR) is 82.4 cm³/mol. The predicted octanol–water partition coefficient (Wildman–Crippen LogP) is 4.71. The van der Waals surface area contributed by atoms with Crippen LogP contribution >= 0.6 is 0 Å². The highest BCUT2D eigenvalue weighted by Crippen LogP contribution is 2.35. The molecule has 3 heteroatoms. The zero-order valence-electron chi connectivity index (χ0n) is 12.9. The molecule has 0 radical (unpaired) electrons. The number of methoxy groups -OCH3 is 1. The van der Waals surface area contributed by atoms with E-state index >= 15 is 0 Å². The lowest BCUT2D eigenvalue weighted by atomic mass is 9.86. The van der Waals surface area contributed by atoms with E-state index < -0.39 is 0 Å². The van der Waals surface area contributed by atoms with E-state index in [1.807, 2.05) is 51.1 Å². The van der Waals surface area contributed by atoms with Gasteiger partial charge in [0.05, 0.1) is 7.11 Å². The summed E-state index contributed by atoms with van der Waals surface area (Å²) in [4.78, 5) is 0. The fourth-order valence-electron chi connectivity index (χ4n) is 2.12. The molecule has 0 saturated carbocycles. The normalized spacial score (nSPS) is 11.3. The fourth-order valence-corrected chi connectivity index (χ4v) is 2.12. The second-order valence-corrected chi connectivity index (χ2v) is 6.01. The van der Waals surface area contributed by atoms with E-state index in [4.69, 9.17) is 9.47 Å². The maximum absolute atomic E-state index is 14.1. The fraction of sp³-hybridized carbons (Fsp3) is 0.333. The van der Waals surface area contributed by atoms with Gasteiger partial charge in [-0.3, -0.25) is 0 Å². The van der Waals surface area contributed by atoms with E-state index in [9.17, 15) is 4.39 Å². The highest BCUT2D eigenvalue weighted by atomic mass is 19.1. The van der Waals surface area contributed by atoms with Crippen LogP contribution < -0.4 is 9.47 Å². The molecule has 0 heterocycles. The van der Waals surface area contributed by atoms with Crippen LogP contribution in [0.15, 0.2) is 42.5 Å². The van der Waals surface area contributed by atoms with E-state index in [1.54, 1.807) is 6.07 Å². The van der Waals surface area contributed by atoms with Crippen molar-refractivity contribution in [2.45, 2.75) is 32.8 Å². The summed E-state index contributed by atoms with van der Waals surface area (Å²) in [5.74, 6) is 0.704. The molecule has 0 aliphatic heterocycles. The summed E-state index contributed by atoms with van der Waals surface area (Å²) in [5.41, 5.74) is 1.38.